The van der Waals surface area contributed by atoms with Crippen molar-refractivity contribution < 1.29 is 4.79 Å². The van der Waals surface area contributed by atoms with Gasteiger partial charge in [-0.15, -0.1) is 0 Å². The van der Waals surface area contributed by atoms with Crippen molar-refractivity contribution in [1.82, 2.24) is 24.7 Å². The standard InChI is InChI=1S/C22H36N6O/c1-3-19-15-21(24-17-23-19)26-9-6-20(7-10-26)28-8-4-5-18(16-28)22(29)27-13-11-25(2)12-14-27/h15,17-18,20H,3-14,16H2,1-2H3/t18-/m1/s1. The summed E-state index contributed by atoms with van der Waals surface area (Å²) in [5.74, 6) is 1.66. The molecule has 0 aliphatic carbocycles. The molecule has 0 radical (unpaired) electrons. The highest BCUT2D eigenvalue weighted by molar-refractivity contribution is 5.79. The molecule has 29 heavy (non-hydrogen) atoms. The predicted molar refractivity (Wildman–Crippen MR) is 115 cm³/mol. The Bertz CT molecular complexity index is 682. The molecular formula is C22H36N6O. The molecule has 3 aliphatic rings. The monoisotopic (exact) mass is 400 g/mol. The molecule has 0 spiro atoms. The van der Waals surface area contributed by atoms with Crippen LogP contribution < -0.4 is 4.90 Å². The van der Waals surface area contributed by atoms with Crippen LogP contribution in [0.15, 0.2) is 12.4 Å². The van der Waals surface area contributed by atoms with Crippen LogP contribution in [-0.2, 0) is 11.2 Å². The van der Waals surface area contributed by atoms with E-state index in [2.05, 4.69) is 49.6 Å². The molecule has 4 heterocycles. The van der Waals surface area contributed by atoms with Gasteiger partial charge in [0.1, 0.15) is 12.1 Å². The number of piperidine rings is 2. The Morgan fingerprint density at radius 2 is 1.79 bits per heavy atom. The summed E-state index contributed by atoms with van der Waals surface area (Å²) in [6.45, 7) is 10.1. The van der Waals surface area contributed by atoms with E-state index in [4.69, 9.17) is 0 Å². The molecule has 3 fully saturated rings. The van der Waals surface area contributed by atoms with E-state index in [-0.39, 0.29) is 5.92 Å². The zero-order valence-corrected chi connectivity index (χ0v) is 18.1. The fraction of sp³-hybridized carbons (Fsp3) is 0.773. The van der Waals surface area contributed by atoms with Crippen molar-refractivity contribution in [2.75, 3.05) is 64.3 Å². The third kappa shape index (κ3) is 4.89. The summed E-state index contributed by atoms with van der Waals surface area (Å²) in [6.07, 6.45) is 7.15. The molecule has 7 nitrogen and oxygen atoms in total. The SMILES string of the molecule is CCc1cc(N2CCC(N3CCC[C@@H](C(=O)N4CCN(C)CC4)C3)CC2)ncn1. The van der Waals surface area contributed by atoms with Crippen LogP contribution in [0.3, 0.4) is 0 Å². The molecule has 0 aromatic carbocycles. The number of likely N-dealkylation sites (tertiary alicyclic amines) is 1. The molecule has 1 aromatic rings. The Morgan fingerprint density at radius 1 is 1.03 bits per heavy atom. The number of hydrogen-bond donors (Lipinski definition) is 0. The van der Waals surface area contributed by atoms with Gasteiger partial charge in [-0.1, -0.05) is 6.92 Å². The molecule has 1 atom stereocenters. The highest BCUT2D eigenvalue weighted by atomic mass is 16.2. The first-order valence-electron chi connectivity index (χ1n) is 11.4. The maximum absolute atomic E-state index is 13.0. The number of rotatable bonds is 4. The molecule has 160 valence electrons. The minimum absolute atomic E-state index is 0.194. The van der Waals surface area contributed by atoms with Crippen LogP contribution >= 0.6 is 0 Å². The number of anilines is 1. The van der Waals surface area contributed by atoms with E-state index in [1.165, 1.54) is 0 Å². The molecule has 0 bridgehead atoms. The van der Waals surface area contributed by atoms with Crippen molar-refractivity contribution in [2.45, 2.75) is 45.1 Å². The van der Waals surface area contributed by atoms with Gasteiger partial charge >= 0.3 is 0 Å². The average Bonchev–Trinajstić information content (AvgIpc) is 2.79. The van der Waals surface area contributed by atoms with Gasteiger partial charge in [0.15, 0.2) is 0 Å². The van der Waals surface area contributed by atoms with Gasteiger partial charge in [-0.3, -0.25) is 9.69 Å². The van der Waals surface area contributed by atoms with Crippen LogP contribution in [0, 0.1) is 5.92 Å². The van der Waals surface area contributed by atoms with Gasteiger partial charge in [-0.05, 0) is 45.7 Å². The molecule has 4 rings (SSSR count). The first-order valence-corrected chi connectivity index (χ1v) is 11.4. The molecular weight excluding hydrogens is 364 g/mol. The van der Waals surface area contributed by atoms with Crippen molar-refractivity contribution in [3.63, 3.8) is 0 Å². The third-order valence-electron chi connectivity index (χ3n) is 6.99. The Morgan fingerprint density at radius 3 is 2.52 bits per heavy atom. The van der Waals surface area contributed by atoms with Crippen molar-refractivity contribution in [3.8, 4) is 0 Å². The first-order chi connectivity index (χ1) is 14.1. The number of carbonyl (C=O) groups excluding carboxylic acids is 1. The zero-order valence-electron chi connectivity index (χ0n) is 18.1. The Kier molecular flexibility index (Phi) is 6.65. The largest absolute Gasteiger partial charge is 0.356 e. The van der Waals surface area contributed by atoms with Gasteiger partial charge < -0.3 is 14.7 Å². The van der Waals surface area contributed by atoms with Crippen molar-refractivity contribution in [1.29, 1.82) is 0 Å². The van der Waals surface area contributed by atoms with Gasteiger partial charge in [0, 0.05) is 63.6 Å². The van der Waals surface area contributed by atoms with E-state index in [0.717, 1.165) is 96.0 Å². The van der Waals surface area contributed by atoms with Crippen LogP contribution in [0.1, 0.15) is 38.3 Å². The minimum Gasteiger partial charge on any atom is -0.356 e. The molecule has 0 N–H and O–H groups in total. The van der Waals surface area contributed by atoms with E-state index < -0.39 is 0 Å². The lowest BCUT2D eigenvalue weighted by Crippen LogP contribution is -2.54. The van der Waals surface area contributed by atoms with Crippen molar-refractivity contribution in [3.05, 3.63) is 18.1 Å². The second-order valence-electron chi connectivity index (χ2n) is 8.90. The number of aryl methyl sites for hydroxylation is 1. The molecule has 3 aliphatic heterocycles. The third-order valence-corrected chi connectivity index (χ3v) is 6.99. The Hall–Kier alpha value is -1.73. The maximum Gasteiger partial charge on any atom is 0.227 e. The highest BCUT2D eigenvalue weighted by Gasteiger charge is 2.34. The quantitative estimate of drug-likeness (QED) is 0.763. The number of amides is 1. The lowest BCUT2D eigenvalue weighted by atomic mass is 9.92. The summed E-state index contributed by atoms with van der Waals surface area (Å²) in [4.78, 5) is 31.3. The lowest BCUT2D eigenvalue weighted by Gasteiger charge is -2.43. The van der Waals surface area contributed by atoms with E-state index >= 15 is 0 Å². The van der Waals surface area contributed by atoms with Gasteiger partial charge in [-0.25, -0.2) is 9.97 Å². The lowest BCUT2D eigenvalue weighted by molar-refractivity contribution is -0.139. The molecule has 3 saturated heterocycles. The maximum atomic E-state index is 13.0. The average molecular weight is 401 g/mol. The van der Waals surface area contributed by atoms with Crippen LogP contribution in [0.5, 0.6) is 0 Å². The summed E-state index contributed by atoms with van der Waals surface area (Å²) < 4.78 is 0. The van der Waals surface area contributed by atoms with Crippen LogP contribution in [-0.4, -0.2) is 96.0 Å². The fourth-order valence-electron chi connectivity index (χ4n) is 5.04. The van der Waals surface area contributed by atoms with Gasteiger partial charge in [0.2, 0.25) is 5.91 Å². The predicted octanol–water partition coefficient (Wildman–Crippen LogP) is 1.49. The van der Waals surface area contributed by atoms with Crippen LogP contribution in [0.25, 0.3) is 0 Å². The van der Waals surface area contributed by atoms with Crippen molar-refractivity contribution in [2.24, 2.45) is 5.92 Å². The molecule has 0 saturated carbocycles. The number of carbonyl (C=O) groups is 1. The topological polar surface area (TPSA) is 55.8 Å². The summed E-state index contributed by atoms with van der Waals surface area (Å²) in [6, 6.07) is 2.73. The minimum atomic E-state index is 0.194. The van der Waals surface area contributed by atoms with E-state index in [9.17, 15) is 4.79 Å². The number of aromatic nitrogens is 2. The van der Waals surface area contributed by atoms with Crippen LogP contribution in [0.2, 0.25) is 0 Å². The van der Waals surface area contributed by atoms with E-state index in [1.807, 2.05) is 0 Å². The van der Waals surface area contributed by atoms with Gasteiger partial charge in [-0.2, -0.15) is 0 Å². The number of piperazine rings is 1. The number of nitrogens with zero attached hydrogens (tertiary/aromatic N) is 6. The van der Waals surface area contributed by atoms with Crippen LogP contribution in [0.4, 0.5) is 5.82 Å². The molecule has 0 unspecified atom stereocenters. The smallest absolute Gasteiger partial charge is 0.227 e. The molecule has 1 amide bonds. The normalized spacial score (nSPS) is 25.4. The van der Waals surface area contributed by atoms with Gasteiger partial charge in [0.05, 0.1) is 5.92 Å². The Labute approximate surface area is 175 Å². The zero-order chi connectivity index (χ0) is 20.2. The number of hydrogen-bond acceptors (Lipinski definition) is 6. The van der Waals surface area contributed by atoms with E-state index in [1.54, 1.807) is 6.33 Å². The summed E-state index contributed by atoms with van der Waals surface area (Å²) >= 11 is 0. The summed E-state index contributed by atoms with van der Waals surface area (Å²) in [5, 5.41) is 0. The summed E-state index contributed by atoms with van der Waals surface area (Å²) in [7, 11) is 2.14. The molecule has 1 aromatic heterocycles. The van der Waals surface area contributed by atoms with E-state index in [0.29, 0.717) is 11.9 Å². The fourth-order valence-corrected chi connectivity index (χ4v) is 5.04. The Balaban J connectivity index is 1.30. The van der Waals surface area contributed by atoms with Crippen molar-refractivity contribution >= 4 is 11.7 Å². The molecule has 7 heteroatoms. The van der Waals surface area contributed by atoms with Gasteiger partial charge in [0.25, 0.3) is 0 Å². The highest BCUT2D eigenvalue weighted by Crippen LogP contribution is 2.27. The number of likely N-dealkylation sites (N-methyl/N-ethyl adjacent to an activating group) is 1. The second kappa shape index (κ2) is 9.39. The second-order valence-corrected chi connectivity index (χ2v) is 8.90. The summed E-state index contributed by atoms with van der Waals surface area (Å²) in [5.41, 5.74) is 1.11. The first kappa shape index (κ1) is 20.5.